The van der Waals surface area contributed by atoms with Crippen LogP contribution in [0.3, 0.4) is 0 Å². The Balaban J connectivity index is 1.72. The highest BCUT2D eigenvalue weighted by atomic mass is 16.5. The number of hydrogen-bond donors (Lipinski definition) is 2. The van der Waals surface area contributed by atoms with Gasteiger partial charge < -0.3 is 15.2 Å². The number of amides is 1. The van der Waals surface area contributed by atoms with Gasteiger partial charge in [-0.25, -0.2) is 4.79 Å². The minimum atomic E-state index is -0.945. The maximum absolute atomic E-state index is 12.9. The number of aromatic carboxylic acids is 1. The van der Waals surface area contributed by atoms with Crippen LogP contribution in [0.25, 0.3) is 0 Å². The lowest BCUT2D eigenvalue weighted by Gasteiger charge is -2.24. The number of hydrogen-bond acceptors (Lipinski definition) is 4. The number of anilines is 1. The van der Waals surface area contributed by atoms with Gasteiger partial charge in [0.25, 0.3) is 0 Å². The average Bonchev–Trinajstić information content (AvgIpc) is 3.10. The molecular formula is C21H24N2O4. The van der Waals surface area contributed by atoms with Crippen molar-refractivity contribution in [2.24, 2.45) is 0 Å². The molecule has 0 saturated carbocycles. The molecule has 1 amide bonds. The first kappa shape index (κ1) is 18.9. The van der Waals surface area contributed by atoms with Crippen molar-refractivity contribution in [3.05, 3.63) is 59.2 Å². The summed E-state index contributed by atoms with van der Waals surface area (Å²) in [4.78, 5) is 26.1. The number of aryl methyl sites for hydroxylation is 1. The zero-order valence-electron chi connectivity index (χ0n) is 15.6. The highest BCUT2D eigenvalue weighted by Gasteiger charge is 2.31. The molecule has 2 N–H and O–H groups in total. The van der Waals surface area contributed by atoms with E-state index in [1.54, 1.807) is 25.3 Å². The summed E-state index contributed by atoms with van der Waals surface area (Å²) in [7, 11) is 1.58. The lowest BCUT2D eigenvalue weighted by molar-refractivity contribution is -0.120. The van der Waals surface area contributed by atoms with Crippen molar-refractivity contribution in [1.29, 1.82) is 0 Å². The van der Waals surface area contributed by atoms with Crippen LogP contribution in [-0.4, -0.2) is 41.6 Å². The summed E-state index contributed by atoms with van der Waals surface area (Å²) in [6.45, 7) is 3.32. The van der Waals surface area contributed by atoms with E-state index in [2.05, 4.69) is 10.2 Å². The highest BCUT2D eigenvalue weighted by molar-refractivity contribution is 5.96. The molecule has 1 unspecified atom stereocenters. The second-order valence-corrected chi connectivity index (χ2v) is 6.83. The van der Waals surface area contributed by atoms with E-state index in [9.17, 15) is 9.59 Å². The van der Waals surface area contributed by atoms with E-state index in [1.807, 2.05) is 31.2 Å². The third kappa shape index (κ3) is 4.46. The Morgan fingerprint density at radius 3 is 2.81 bits per heavy atom. The standard InChI is InChI=1S/C21H24N2O4/c1-14-8-9-19(27-2)17(11-14)22-20(24)18-7-4-10-23(18)13-15-5-3-6-16(12-15)21(25)26/h3,5-6,8-9,11-12,18H,4,7,10,13H2,1-2H3,(H,22,24)(H,25,26). The van der Waals surface area contributed by atoms with E-state index in [4.69, 9.17) is 9.84 Å². The van der Waals surface area contributed by atoms with Gasteiger partial charge in [-0.05, 0) is 61.7 Å². The average molecular weight is 368 g/mol. The van der Waals surface area contributed by atoms with E-state index < -0.39 is 5.97 Å². The fourth-order valence-electron chi connectivity index (χ4n) is 3.49. The maximum atomic E-state index is 12.9. The Morgan fingerprint density at radius 1 is 1.26 bits per heavy atom. The second kappa shape index (κ2) is 8.22. The normalized spacial score (nSPS) is 16.9. The van der Waals surface area contributed by atoms with Gasteiger partial charge in [0.1, 0.15) is 5.75 Å². The van der Waals surface area contributed by atoms with Gasteiger partial charge in [0.2, 0.25) is 5.91 Å². The Kier molecular flexibility index (Phi) is 5.76. The van der Waals surface area contributed by atoms with Gasteiger partial charge in [-0.2, -0.15) is 0 Å². The number of benzene rings is 2. The van der Waals surface area contributed by atoms with Crippen molar-refractivity contribution in [3.63, 3.8) is 0 Å². The van der Waals surface area contributed by atoms with Crippen LogP contribution in [0, 0.1) is 6.92 Å². The number of likely N-dealkylation sites (tertiary alicyclic amines) is 1. The minimum absolute atomic E-state index is 0.0641. The van der Waals surface area contributed by atoms with Crippen LogP contribution in [0.4, 0.5) is 5.69 Å². The summed E-state index contributed by atoms with van der Waals surface area (Å²) >= 11 is 0. The lowest BCUT2D eigenvalue weighted by atomic mass is 10.1. The van der Waals surface area contributed by atoms with Crippen LogP contribution in [0.15, 0.2) is 42.5 Å². The third-order valence-electron chi connectivity index (χ3n) is 4.84. The largest absolute Gasteiger partial charge is 0.495 e. The molecule has 1 aliphatic rings. The Morgan fingerprint density at radius 2 is 2.07 bits per heavy atom. The molecule has 6 nitrogen and oxygen atoms in total. The Labute approximate surface area is 158 Å². The van der Waals surface area contributed by atoms with Crippen molar-refractivity contribution in [1.82, 2.24) is 4.90 Å². The molecule has 3 rings (SSSR count). The van der Waals surface area contributed by atoms with Gasteiger partial charge in [-0.15, -0.1) is 0 Å². The number of rotatable bonds is 6. The quantitative estimate of drug-likeness (QED) is 0.818. The number of nitrogens with zero attached hydrogens (tertiary/aromatic N) is 1. The molecule has 0 radical (unpaired) electrons. The third-order valence-corrected chi connectivity index (χ3v) is 4.84. The molecular weight excluding hydrogens is 344 g/mol. The summed E-state index contributed by atoms with van der Waals surface area (Å²) in [6, 6.07) is 12.3. The number of carbonyl (C=O) groups is 2. The summed E-state index contributed by atoms with van der Waals surface area (Å²) in [5.74, 6) is -0.377. The summed E-state index contributed by atoms with van der Waals surface area (Å²) in [6.07, 6.45) is 1.71. The molecule has 0 spiro atoms. The number of carboxylic acid groups (broad SMARTS) is 1. The highest BCUT2D eigenvalue weighted by Crippen LogP contribution is 2.27. The predicted octanol–water partition coefficient (Wildman–Crippen LogP) is 3.30. The number of carbonyl (C=O) groups excluding carboxylic acids is 1. The summed E-state index contributed by atoms with van der Waals surface area (Å²) in [5, 5.41) is 12.1. The van der Waals surface area contributed by atoms with E-state index in [-0.39, 0.29) is 17.5 Å². The van der Waals surface area contributed by atoms with Crippen molar-refractivity contribution >= 4 is 17.6 Å². The summed E-state index contributed by atoms with van der Waals surface area (Å²) in [5.41, 5.74) is 2.86. The van der Waals surface area contributed by atoms with E-state index in [1.165, 1.54) is 0 Å². The fourth-order valence-corrected chi connectivity index (χ4v) is 3.49. The van der Waals surface area contributed by atoms with Crippen molar-refractivity contribution < 1.29 is 19.4 Å². The molecule has 1 heterocycles. The molecule has 1 aliphatic heterocycles. The van der Waals surface area contributed by atoms with Crippen molar-refractivity contribution in [3.8, 4) is 5.75 Å². The Bertz CT molecular complexity index is 850. The minimum Gasteiger partial charge on any atom is -0.495 e. The molecule has 1 fully saturated rings. The molecule has 27 heavy (non-hydrogen) atoms. The van der Waals surface area contributed by atoms with Gasteiger partial charge in [0.05, 0.1) is 24.4 Å². The van der Waals surface area contributed by atoms with Crippen LogP contribution >= 0.6 is 0 Å². The van der Waals surface area contributed by atoms with Crippen molar-refractivity contribution in [2.45, 2.75) is 32.4 Å². The molecule has 1 saturated heterocycles. The van der Waals surface area contributed by atoms with Crippen LogP contribution in [0.1, 0.15) is 34.3 Å². The Hall–Kier alpha value is -2.86. The van der Waals surface area contributed by atoms with Gasteiger partial charge in [0.15, 0.2) is 0 Å². The first-order chi connectivity index (χ1) is 13.0. The zero-order chi connectivity index (χ0) is 19.4. The molecule has 0 aliphatic carbocycles. The molecule has 2 aromatic carbocycles. The van der Waals surface area contributed by atoms with Gasteiger partial charge >= 0.3 is 5.97 Å². The predicted molar refractivity (Wildman–Crippen MR) is 103 cm³/mol. The van der Waals surface area contributed by atoms with E-state index in [0.717, 1.165) is 30.5 Å². The molecule has 2 aromatic rings. The SMILES string of the molecule is COc1ccc(C)cc1NC(=O)C1CCCN1Cc1cccc(C(=O)O)c1. The van der Waals surface area contributed by atoms with E-state index >= 15 is 0 Å². The van der Waals surface area contributed by atoms with Gasteiger partial charge in [-0.1, -0.05) is 18.2 Å². The number of carboxylic acids is 1. The number of nitrogens with one attached hydrogen (secondary N) is 1. The molecule has 1 atom stereocenters. The topological polar surface area (TPSA) is 78.9 Å². The summed E-state index contributed by atoms with van der Waals surface area (Å²) < 4.78 is 5.34. The van der Waals surface area contributed by atoms with Crippen LogP contribution in [-0.2, 0) is 11.3 Å². The fraction of sp³-hybridized carbons (Fsp3) is 0.333. The van der Waals surface area contributed by atoms with E-state index in [0.29, 0.717) is 18.0 Å². The van der Waals surface area contributed by atoms with Crippen LogP contribution < -0.4 is 10.1 Å². The first-order valence-corrected chi connectivity index (χ1v) is 8.99. The number of methoxy groups -OCH3 is 1. The second-order valence-electron chi connectivity index (χ2n) is 6.83. The first-order valence-electron chi connectivity index (χ1n) is 8.99. The molecule has 0 aromatic heterocycles. The van der Waals surface area contributed by atoms with Crippen LogP contribution in [0.5, 0.6) is 5.75 Å². The zero-order valence-corrected chi connectivity index (χ0v) is 15.6. The molecule has 6 heteroatoms. The van der Waals surface area contributed by atoms with Crippen molar-refractivity contribution in [2.75, 3.05) is 19.0 Å². The van der Waals surface area contributed by atoms with Crippen LogP contribution in [0.2, 0.25) is 0 Å². The number of ether oxygens (including phenoxy) is 1. The lowest BCUT2D eigenvalue weighted by Crippen LogP contribution is -2.39. The molecule has 0 bridgehead atoms. The van der Waals surface area contributed by atoms with Gasteiger partial charge in [-0.3, -0.25) is 9.69 Å². The monoisotopic (exact) mass is 368 g/mol. The molecule has 142 valence electrons. The smallest absolute Gasteiger partial charge is 0.335 e. The van der Waals surface area contributed by atoms with Gasteiger partial charge in [0, 0.05) is 6.54 Å². The maximum Gasteiger partial charge on any atom is 0.335 e.